The van der Waals surface area contributed by atoms with Crippen LogP contribution in [0.25, 0.3) is 5.69 Å². The number of carbonyl (C=O) groups excluding carboxylic acids is 1. The second kappa shape index (κ2) is 7.43. The third-order valence-electron chi connectivity index (χ3n) is 3.79. The van der Waals surface area contributed by atoms with Crippen molar-refractivity contribution in [1.29, 1.82) is 0 Å². The number of aliphatic hydroxyl groups is 1. The van der Waals surface area contributed by atoms with E-state index in [1.807, 2.05) is 0 Å². The lowest BCUT2D eigenvalue weighted by Crippen LogP contribution is -2.47. The highest BCUT2D eigenvalue weighted by Gasteiger charge is 2.32. The molecule has 0 aliphatic carbocycles. The van der Waals surface area contributed by atoms with Crippen LogP contribution in [0.4, 0.5) is 13.2 Å². The minimum absolute atomic E-state index is 0.0288. The second-order valence-corrected chi connectivity index (χ2v) is 6.22. The number of amides is 1. The number of hydrogen-bond donors (Lipinski definition) is 3. The first-order valence-electron chi connectivity index (χ1n) is 7.85. The predicted molar refractivity (Wildman–Crippen MR) is 90.2 cm³/mol. The van der Waals surface area contributed by atoms with E-state index in [1.165, 1.54) is 13.0 Å². The molecule has 1 unspecified atom stereocenters. The van der Waals surface area contributed by atoms with Crippen LogP contribution in [0.2, 0.25) is 0 Å². The van der Waals surface area contributed by atoms with Gasteiger partial charge in [-0.15, -0.1) is 0 Å². The second-order valence-electron chi connectivity index (χ2n) is 6.22. The summed E-state index contributed by atoms with van der Waals surface area (Å²) in [6, 6.07) is 5.15. The van der Waals surface area contributed by atoms with Crippen LogP contribution in [0.3, 0.4) is 0 Å². The molecule has 2 aromatic rings. The van der Waals surface area contributed by atoms with Crippen molar-refractivity contribution >= 4 is 11.9 Å². The van der Waals surface area contributed by atoms with E-state index in [1.54, 1.807) is 0 Å². The number of hydrogen-bond acceptors (Lipinski definition) is 5. The van der Waals surface area contributed by atoms with Crippen molar-refractivity contribution in [2.24, 2.45) is 0 Å². The summed E-state index contributed by atoms with van der Waals surface area (Å²) in [7, 11) is 0. The maximum absolute atomic E-state index is 12.9. The van der Waals surface area contributed by atoms with Crippen molar-refractivity contribution in [3.05, 3.63) is 57.5 Å². The van der Waals surface area contributed by atoms with Crippen LogP contribution >= 0.6 is 0 Å². The van der Waals surface area contributed by atoms with Gasteiger partial charge in [0.1, 0.15) is 0 Å². The molecule has 1 atom stereocenters. The first kappa shape index (κ1) is 21.1. The van der Waals surface area contributed by atoms with Crippen LogP contribution in [0, 0.1) is 6.92 Å². The van der Waals surface area contributed by atoms with Crippen molar-refractivity contribution in [2.75, 3.05) is 6.54 Å². The monoisotopic (exact) mass is 399 g/mol. The molecule has 11 heteroatoms. The molecule has 3 N–H and O–H groups in total. The fourth-order valence-electron chi connectivity index (χ4n) is 2.19. The molecule has 1 aromatic heterocycles. The number of aryl methyl sites for hydroxylation is 1. The van der Waals surface area contributed by atoms with Crippen molar-refractivity contribution in [3.8, 4) is 5.69 Å². The summed E-state index contributed by atoms with van der Waals surface area (Å²) >= 11 is 0. The third kappa shape index (κ3) is 4.55. The van der Waals surface area contributed by atoms with Gasteiger partial charge in [-0.25, -0.2) is 9.48 Å². The quantitative estimate of drug-likeness (QED) is 0.693. The van der Waals surface area contributed by atoms with Crippen LogP contribution in [-0.2, 0) is 11.0 Å². The molecular formula is C17H16F3N3O5. The Morgan fingerprint density at radius 2 is 1.89 bits per heavy atom. The molecule has 0 aliphatic rings. The van der Waals surface area contributed by atoms with Gasteiger partial charge in [-0.3, -0.25) is 9.59 Å². The first-order valence-corrected chi connectivity index (χ1v) is 7.85. The number of carboxylic acids is 1. The Morgan fingerprint density at radius 1 is 1.25 bits per heavy atom. The summed E-state index contributed by atoms with van der Waals surface area (Å²) in [5.74, 6) is -2.67. The van der Waals surface area contributed by atoms with Crippen molar-refractivity contribution in [3.63, 3.8) is 0 Å². The zero-order valence-corrected chi connectivity index (χ0v) is 14.7. The Labute approximate surface area is 156 Å². The number of alkyl halides is 3. The zero-order valence-electron chi connectivity index (χ0n) is 14.7. The number of aromatic nitrogens is 2. The molecule has 0 fully saturated rings. The summed E-state index contributed by atoms with van der Waals surface area (Å²) in [4.78, 5) is 35.1. The minimum Gasteiger partial charge on any atom is -0.479 e. The number of rotatable bonds is 5. The topological polar surface area (TPSA) is 122 Å². The maximum atomic E-state index is 12.9. The van der Waals surface area contributed by atoms with E-state index >= 15 is 0 Å². The molecule has 0 spiro atoms. The molecule has 1 aromatic carbocycles. The number of nitrogens with one attached hydrogen (secondary N) is 1. The van der Waals surface area contributed by atoms with E-state index in [0.29, 0.717) is 0 Å². The van der Waals surface area contributed by atoms with Gasteiger partial charge in [-0.05, 0) is 32.0 Å². The van der Waals surface area contributed by atoms with Crippen LogP contribution < -0.4 is 10.7 Å². The normalized spacial score (nSPS) is 13.6. The highest BCUT2D eigenvalue weighted by molar-refractivity contribution is 5.92. The number of nitrogens with zero attached hydrogens (tertiary/aromatic N) is 2. The molecule has 2 rings (SSSR count). The predicted octanol–water partition coefficient (Wildman–Crippen LogP) is 1.13. The van der Waals surface area contributed by atoms with E-state index in [-0.39, 0.29) is 11.4 Å². The Hall–Kier alpha value is -3.21. The van der Waals surface area contributed by atoms with Gasteiger partial charge in [-0.1, -0.05) is 6.07 Å². The lowest BCUT2D eigenvalue weighted by Gasteiger charge is -2.18. The van der Waals surface area contributed by atoms with Gasteiger partial charge in [0, 0.05) is 11.8 Å². The molecule has 0 saturated heterocycles. The Kier molecular flexibility index (Phi) is 5.59. The molecule has 0 aliphatic heterocycles. The van der Waals surface area contributed by atoms with Gasteiger partial charge in [-0.2, -0.15) is 18.3 Å². The fraction of sp³-hybridized carbons (Fsp3) is 0.294. The average molecular weight is 399 g/mol. The molecule has 8 nitrogen and oxygen atoms in total. The molecule has 150 valence electrons. The maximum Gasteiger partial charge on any atom is 0.416 e. The van der Waals surface area contributed by atoms with E-state index in [0.717, 1.165) is 35.9 Å². The van der Waals surface area contributed by atoms with Gasteiger partial charge in [0.15, 0.2) is 11.3 Å². The number of aliphatic carboxylic acids is 1. The Morgan fingerprint density at radius 3 is 2.46 bits per heavy atom. The van der Waals surface area contributed by atoms with Gasteiger partial charge in [0.25, 0.3) is 5.91 Å². The zero-order chi connectivity index (χ0) is 21.3. The van der Waals surface area contributed by atoms with E-state index in [9.17, 15) is 32.7 Å². The van der Waals surface area contributed by atoms with Crippen molar-refractivity contribution in [1.82, 2.24) is 15.1 Å². The standard InChI is InChI=1S/C17H16F3N3O5/c1-9-6-12(24)13(14(25)21-8-16(2,28)15(26)27)22-23(9)11-5-3-4-10(7-11)17(18,19)20/h3-7,28H,8H2,1-2H3,(H,21,25)(H,26,27). The van der Waals surface area contributed by atoms with E-state index < -0.39 is 46.9 Å². The molecule has 1 amide bonds. The molecule has 0 bridgehead atoms. The highest BCUT2D eigenvalue weighted by Crippen LogP contribution is 2.30. The first-order chi connectivity index (χ1) is 12.8. The summed E-state index contributed by atoms with van der Waals surface area (Å²) in [5.41, 5.74) is -4.54. The molecule has 28 heavy (non-hydrogen) atoms. The summed E-state index contributed by atoms with van der Waals surface area (Å²) in [6.07, 6.45) is -4.59. The molecule has 1 heterocycles. The van der Waals surface area contributed by atoms with E-state index in [2.05, 4.69) is 10.4 Å². The van der Waals surface area contributed by atoms with Crippen LogP contribution in [0.5, 0.6) is 0 Å². The molecule has 0 radical (unpaired) electrons. The lowest BCUT2D eigenvalue weighted by atomic mass is 10.1. The van der Waals surface area contributed by atoms with Crippen LogP contribution in [-0.4, -0.2) is 44.0 Å². The van der Waals surface area contributed by atoms with Gasteiger partial charge in [0.05, 0.1) is 17.8 Å². The van der Waals surface area contributed by atoms with Gasteiger partial charge in [0.2, 0.25) is 5.43 Å². The summed E-state index contributed by atoms with van der Waals surface area (Å²) < 4.78 is 39.7. The Bertz CT molecular complexity index is 983. The molecular weight excluding hydrogens is 383 g/mol. The fourth-order valence-corrected chi connectivity index (χ4v) is 2.19. The van der Waals surface area contributed by atoms with Crippen molar-refractivity contribution in [2.45, 2.75) is 25.6 Å². The Balaban J connectivity index is 2.42. The van der Waals surface area contributed by atoms with E-state index in [4.69, 9.17) is 5.11 Å². The summed E-state index contributed by atoms with van der Waals surface area (Å²) in [6.45, 7) is 1.66. The van der Waals surface area contributed by atoms with Crippen molar-refractivity contribution < 1.29 is 33.0 Å². The van der Waals surface area contributed by atoms with Crippen LogP contribution in [0.1, 0.15) is 28.7 Å². The SMILES string of the molecule is Cc1cc(=O)c(C(=O)NCC(C)(O)C(=O)O)nn1-c1cccc(C(F)(F)F)c1. The smallest absolute Gasteiger partial charge is 0.416 e. The number of carbonyl (C=O) groups is 2. The highest BCUT2D eigenvalue weighted by atomic mass is 19.4. The lowest BCUT2D eigenvalue weighted by molar-refractivity contribution is -0.155. The number of benzene rings is 1. The molecule has 0 saturated carbocycles. The number of carboxylic acid groups (broad SMARTS) is 1. The average Bonchev–Trinajstić information content (AvgIpc) is 2.59. The van der Waals surface area contributed by atoms with Gasteiger partial charge < -0.3 is 15.5 Å². The minimum atomic E-state index is -4.59. The van der Waals surface area contributed by atoms with Crippen LogP contribution in [0.15, 0.2) is 35.1 Å². The number of halogens is 3. The third-order valence-corrected chi connectivity index (χ3v) is 3.79. The summed E-state index contributed by atoms with van der Waals surface area (Å²) in [5, 5.41) is 24.3. The van der Waals surface area contributed by atoms with Gasteiger partial charge >= 0.3 is 12.1 Å². The largest absolute Gasteiger partial charge is 0.479 e.